The molecule has 1 rings (SSSR count). The fourth-order valence-corrected chi connectivity index (χ4v) is 1.70. The third-order valence-corrected chi connectivity index (χ3v) is 2.80. The van der Waals surface area contributed by atoms with Crippen molar-refractivity contribution in [3.05, 3.63) is 0 Å². The molecule has 1 aliphatic heterocycles. The average Bonchev–Trinajstić information content (AvgIpc) is 1.83. The Morgan fingerprint density at radius 2 is 1.83 bits per heavy atom. The van der Waals surface area contributed by atoms with Gasteiger partial charge >= 0.3 is 0 Å². The molecule has 1 heteroatoms. The highest BCUT2D eigenvalue weighted by Crippen LogP contribution is 2.38. The van der Waals surface area contributed by atoms with Crippen molar-refractivity contribution in [2.24, 2.45) is 10.8 Å². The summed E-state index contributed by atoms with van der Waals surface area (Å²) < 4.78 is 5.78. The van der Waals surface area contributed by atoms with Gasteiger partial charge in [-0.25, -0.2) is 0 Å². The van der Waals surface area contributed by atoms with Crippen LogP contribution in [0.15, 0.2) is 0 Å². The van der Waals surface area contributed by atoms with E-state index < -0.39 is 0 Å². The van der Waals surface area contributed by atoms with Crippen molar-refractivity contribution in [3.63, 3.8) is 0 Å². The van der Waals surface area contributed by atoms with Crippen LogP contribution in [0.5, 0.6) is 0 Å². The Hall–Kier alpha value is -0.0400. The molecule has 0 aromatic rings. The quantitative estimate of drug-likeness (QED) is 0.542. The molecule has 1 nitrogen and oxygen atoms in total. The highest BCUT2D eigenvalue weighted by molar-refractivity contribution is 4.84. The van der Waals surface area contributed by atoms with Crippen LogP contribution in [0.25, 0.3) is 0 Å². The van der Waals surface area contributed by atoms with Crippen LogP contribution in [0.2, 0.25) is 0 Å². The first kappa shape index (κ1) is 10.0. The molecule has 0 bridgehead atoms. The first-order valence-corrected chi connectivity index (χ1v) is 4.93. The molecule has 1 fully saturated rings. The van der Waals surface area contributed by atoms with E-state index in [1.807, 2.05) is 0 Å². The molecule has 0 aromatic heterocycles. The van der Waals surface area contributed by atoms with E-state index in [1.165, 1.54) is 12.8 Å². The largest absolute Gasteiger partial charge is 0.378 e. The second kappa shape index (κ2) is 3.02. The predicted octanol–water partition coefficient (Wildman–Crippen LogP) is 3.24. The van der Waals surface area contributed by atoms with Gasteiger partial charge in [-0.1, -0.05) is 34.6 Å². The highest BCUT2D eigenvalue weighted by atomic mass is 16.5. The molecule has 12 heavy (non-hydrogen) atoms. The Labute approximate surface area is 76.5 Å². The summed E-state index contributed by atoms with van der Waals surface area (Å²) in [6.07, 6.45) is 2.86. The van der Waals surface area contributed by atoms with Crippen LogP contribution in [-0.2, 0) is 4.74 Å². The Bertz CT molecular complexity index is 150. The normalized spacial score (nSPS) is 30.2. The van der Waals surface area contributed by atoms with Crippen molar-refractivity contribution in [3.8, 4) is 0 Å². The summed E-state index contributed by atoms with van der Waals surface area (Å²) in [5.74, 6) is 0. The Balaban J connectivity index is 2.58. The zero-order valence-corrected chi connectivity index (χ0v) is 9.11. The van der Waals surface area contributed by atoms with Gasteiger partial charge in [-0.3, -0.25) is 0 Å². The zero-order valence-electron chi connectivity index (χ0n) is 9.11. The lowest BCUT2D eigenvalue weighted by molar-refractivity contribution is -0.0872. The third-order valence-electron chi connectivity index (χ3n) is 2.80. The van der Waals surface area contributed by atoms with Gasteiger partial charge in [0.1, 0.15) is 0 Å². The molecule has 1 aliphatic rings. The van der Waals surface area contributed by atoms with Crippen molar-refractivity contribution in [2.45, 2.75) is 53.6 Å². The molecule has 0 N–H and O–H groups in total. The van der Waals surface area contributed by atoms with Gasteiger partial charge in [0.2, 0.25) is 0 Å². The molecule has 0 spiro atoms. The van der Waals surface area contributed by atoms with Gasteiger partial charge in [0, 0.05) is 6.61 Å². The van der Waals surface area contributed by atoms with E-state index in [4.69, 9.17) is 4.74 Å². The molecule has 0 radical (unpaired) electrons. The molecule has 72 valence electrons. The molecule has 1 unspecified atom stereocenters. The van der Waals surface area contributed by atoms with E-state index in [1.54, 1.807) is 0 Å². The lowest BCUT2D eigenvalue weighted by Crippen LogP contribution is -2.39. The van der Waals surface area contributed by atoms with Crippen LogP contribution in [0.4, 0.5) is 0 Å². The van der Waals surface area contributed by atoms with Crippen molar-refractivity contribution in [2.75, 3.05) is 6.61 Å². The van der Waals surface area contributed by atoms with Crippen LogP contribution in [-0.4, -0.2) is 12.7 Å². The minimum Gasteiger partial charge on any atom is -0.378 e. The van der Waals surface area contributed by atoms with Crippen molar-refractivity contribution in [1.29, 1.82) is 0 Å². The molecule has 0 aromatic carbocycles. The summed E-state index contributed by atoms with van der Waals surface area (Å²) in [7, 11) is 0. The molecule has 1 saturated heterocycles. The number of ether oxygens (including phenoxy) is 1. The van der Waals surface area contributed by atoms with Crippen molar-refractivity contribution in [1.82, 2.24) is 0 Å². The summed E-state index contributed by atoms with van der Waals surface area (Å²) in [5.41, 5.74) is 0.786. The molecular formula is C11H22O. The molecule has 0 aliphatic carbocycles. The maximum atomic E-state index is 5.78. The van der Waals surface area contributed by atoms with E-state index in [-0.39, 0.29) is 0 Å². The lowest BCUT2D eigenvalue weighted by Gasteiger charge is -2.41. The van der Waals surface area contributed by atoms with E-state index in [0.29, 0.717) is 16.9 Å². The van der Waals surface area contributed by atoms with Crippen LogP contribution in [0.3, 0.4) is 0 Å². The SMILES string of the molecule is CC1(C)CCOC(C(C)(C)C)C1. The molecule has 0 saturated carbocycles. The smallest absolute Gasteiger partial charge is 0.0628 e. The lowest BCUT2D eigenvalue weighted by atomic mass is 9.74. The summed E-state index contributed by atoms with van der Waals surface area (Å²) in [6.45, 7) is 12.4. The Kier molecular flexibility index (Phi) is 2.53. The molecule has 0 amide bonds. The van der Waals surface area contributed by atoms with Crippen molar-refractivity contribution < 1.29 is 4.74 Å². The van der Waals surface area contributed by atoms with E-state index in [0.717, 1.165) is 6.61 Å². The monoisotopic (exact) mass is 170 g/mol. The minimum absolute atomic E-state index is 0.303. The average molecular weight is 170 g/mol. The van der Waals surface area contributed by atoms with E-state index in [2.05, 4.69) is 34.6 Å². The zero-order chi connectivity index (χ0) is 9.41. The first-order chi connectivity index (χ1) is 5.31. The van der Waals surface area contributed by atoms with Crippen LogP contribution in [0.1, 0.15) is 47.5 Å². The van der Waals surface area contributed by atoms with Crippen molar-refractivity contribution >= 4 is 0 Å². The fraction of sp³-hybridized carbons (Fsp3) is 1.00. The predicted molar refractivity (Wildman–Crippen MR) is 52.2 cm³/mol. The van der Waals surface area contributed by atoms with Gasteiger partial charge in [0.15, 0.2) is 0 Å². The molecule has 1 atom stereocenters. The third kappa shape index (κ3) is 2.48. The van der Waals surface area contributed by atoms with Crippen LogP contribution >= 0.6 is 0 Å². The number of rotatable bonds is 0. The standard InChI is InChI=1S/C11H22O/c1-10(2,3)9-8-11(4,5)6-7-12-9/h9H,6-8H2,1-5H3. The summed E-state index contributed by atoms with van der Waals surface area (Å²) in [5, 5.41) is 0. The van der Waals surface area contributed by atoms with Gasteiger partial charge in [-0.2, -0.15) is 0 Å². The van der Waals surface area contributed by atoms with Gasteiger partial charge < -0.3 is 4.74 Å². The van der Waals surface area contributed by atoms with E-state index in [9.17, 15) is 0 Å². The Morgan fingerprint density at radius 1 is 1.25 bits per heavy atom. The first-order valence-electron chi connectivity index (χ1n) is 4.93. The summed E-state index contributed by atoms with van der Waals surface area (Å²) in [4.78, 5) is 0. The minimum atomic E-state index is 0.303. The second-order valence-electron chi connectivity index (χ2n) is 5.84. The topological polar surface area (TPSA) is 9.23 Å². The molecular weight excluding hydrogens is 148 g/mol. The van der Waals surface area contributed by atoms with Gasteiger partial charge in [0.25, 0.3) is 0 Å². The van der Waals surface area contributed by atoms with Gasteiger partial charge in [-0.15, -0.1) is 0 Å². The summed E-state index contributed by atoms with van der Waals surface area (Å²) in [6, 6.07) is 0. The van der Waals surface area contributed by atoms with Crippen LogP contribution < -0.4 is 0 Å². The van der Waals surface area contributed by atoms with Gasteiger partial charge in [-0.05, 0) is 23.7 Å². The maximum Gasteiger partial charge on any atom is 0.0628 e. The highest BCUT2D eigenvalue weighted by Gasteiger charge is 2.35. The summed E-state index contributed by atoms with van der Waals surface area (Å²) >= 11 is 0. The molecule has 1 heterocycles. The Morgan fingerprint density at radius 3 is 2.17 bits per heavy atom. The second-order valence-corrected chi connectivity index (χ2v) is 5.84. The maximum absolute atomic E-state index is 5.78. The number of hydrogen-bond acceptors (Lipinski definition) is 1. The number of hydrogen-bond donors (Lipinski definition) is 0. The fourth-order valence-electron chi connectivity index (χ4n) is 1.70. The van der Waals surface area contributed by atoms with Gasteiger partial charge in [0.05, 0.1) is 6.10 Å². The van der Waals surface area contributed by atoms with Crippen LogP contribution in [0, 0.1) is 10.8 Å². The van der Waals surface area contributed by atoms with E-state index >= 15 is 0 Å².